The normalized spacial score (nSPS) is 11.2. The first kappa shape index (κ1) is 15.1. The number of halogens is 1. The number of benzene rings is 2. The molecule has 0 amide bonds. The molecule has 2 N–H and O–H groups in total. The van der Waals surface area contributed by atoms with E-state index in [0.29, 0.717) is 5.69 Å². The summed E-state index contributed by atoms with van der Waals surface area (Å²) in [5.41, 5.74) is 6.26. The van der Waals surface area contributed by atoms with Crippen molar-refractivity contribution in [2.75, 3.05) is 5.43 Å². The van der Waals surface area contributed by atoms with Crippen LogP contribution in [-0.4, -0.2) is 17.2 Å². The Labute approximate surface area is 137 Å². The number of rotatable bonds is 4. The first-order valence-electron chi connectivity index (χ1n) is 6.93. The van der Waals surface area contributed by atoms with Crippen molar-refractivity contribution < 1.29 is 9.90 Å². The van der Waals surface area contributed by atoms with E-state index in [-0.39, 0.29) is 10.6 Å². The predicted molar refractivity (Wildman–Crippen MR) is 90.0 cm³/mol. The van der Waals surface area contributed by atoms with Crippen LogP contribution in [0.4, 0.5) is 5.69 Å². The van der Waals surface area contributed by atoms with Gasteiger partial charge in [0, 0.05) is 32.7 Å². The van der Waals surface area contributed by atoms with Crippen molar-refractivity contribution in [3.05, 3.63) is 64.3 Å². The van der Waals surface area contributed by atoms with Crippen molar-refractivity contribution >= 4 is 40.4 Å². The average Bonchev–Trinajstić information content (AvgIpc) is 2.84. The first-order chi connectivity index (χ1) is 11.1. The molecule has 1 heterocycles. The zero-order chi connectivity index (χ0) is 16.4. The summed E-state index contributed by atoms with van der Waals surface area (Å²) in [6.07, 6.45) is 1.70. The van der Waals surface area contributed by atoms with E-state index < -0.39 is 5.97 Å². The summed E-state index contributed by atoms with van der Waals surface area (Å²) in [6.45, 7) is 1.97. The van der Waals surface area contributed by atoms with Gasteiger partial charge in [-0.1, -0.05) is 29.8 Å². The molecule has 0 aliphatic rings. The van der Waals surface area contributed by atoms with E-state index >= 15 is 0 Å². The van der Waals surface area contributed by atoms with Crippen LogP contribution in [0.1, 0.15) is 21.6 Å². The number of carboxylic acids is 1. The number of aryl methyl sites for hydroxylation is 1. The molecule has 116 valence electrons. The number of para-hydroxylation sites is 1. The summed E-state index contributed by atoms with van der Waals surface area (Å²) in [4.78, 5) is 14.2. The molecule has 23 heavy (non-hydrogen) atoms. The highest BCUT2D eigenvalue weighted by Gasteiger charge is 2.05. The molecule has 3 aromatic rings. The van der Waals surface area contributed by atoms with E-state index in [1.807, 2.05) is 31.2 Å². The van der Waals surface area contributed by atoms with Crippen LogP contribution in [0, 0.1) is 6.92 Å². The Morgan fingerprint density at radius 1 is 1.30 bits per heavy atom. The second-order valence-electron chi connectivity index (χ2n) is 5.06. The third kappa shape index (κ3) is 3.05. The topological polar surface area (TPSA) is 80.3 Å². The lowest BCUT2D eigenvalue weighted by Gasteiger charge is -2.07. The van der Waals surface area contributed by atoms with Crippen molar-refractivity contribution in [1.29, 1.82) is 0 Å². The molecule has 0 aliphatic carbocycles. The minimum atomic E-state index is -1.32. The monoisotopic (exact) mass is 326 g/mol. The quantitative estimate of drug-likeness (QED) is 0.571. The molecule has 5 nitrogen and oxygen atoms in total. The molecule has 0 unspecified atom stereocenters. The molecule has 0 aliphatic heterocycles. The lowest BCUT2D eigenvalue weighted by molar-refractivity contribution is -0.255. The molecule has 0 saturated heterocycles. The minimum absolute atomic E-state index is 0.0739. The maximum Gasteiger partial charge on any atom is 0.0731 e. The smallest absolute Gasteiger partial charge is 0.0731 e. The molecular weight excluding hydrogens is 314 g/mol. The van der Waals surface area contributed by atoms with Gasteiger partial charge in [-0.2, -0.15) is 5.10 Å². The highest BCUT2D eigenvalue weighted by molar-refractivity contribution is 6.33. The molecule has 6 heteroatoms. The number of anilines is 1. The lowest BCUT2D eigenvalue weighted by Crippen LogP contribution is -2.22. The Hall–Kier alpha value is -2.79. The fourth-order valence-electron chi connectivity index (χ4n) is 2.39. The van der Waals surface area contributed by atoms with Crippen LogP contribution in [-0.2, 0) is 0 Å². The lowest BCUT2D eigenvalue weighted by atomic mass is 10.1. The van der Waals surface area contributed by atoms with E-state index in [0.717, 1.165) is 22.2 Å². The molecule has 2 aromatic carbocycles. The van der Waals surface area contributed by atoms with Crippen molar-refractivity contribution in [2.24, 2.45) is 5.10 Å². The predicted octanol–water partition coefficient (Wildman–Crippen LogP) is 2.94. The highest BCUT2D eigenvalue weighted by atomic mass is 35.5. The fraction of sp³-hybridized carbons (Fsp3) is 0.0588. The zero-order valence-electron chi connectivity index (χ0n) is 12.3. The number of carbonyl (C=O) groups excluding carboxylic acids is 1. The van der Waals surface area contributed by atoms with Gasteiger partial charge in [-0.15, -0.1) is 0 Å². The number of aromatic nitrogens is 1. The number of nitrogens with one attached hydrogen (secondary N) is 2. The van der Waals surface area contributed by atoms with Crippen LogP contribution in [0.25, 0.3) is 10.9 Å². The van der Waals surface area contributed by atoms with Gasteiger partial charge in [-0.3, -0.25) is 5.43 Å². The Kier molecular flexibility index (Phi) is 4.04. The number of fused-ring (bicyclic) bond motifs is 1. The van der Waals surface area contributed by atoms with Crippen molar-refractivity contribution in [2.45, 2.75) is 6.92 Å². The number of hydrogen-bond acceptors (Lipinski definition) is 4. The Bertz CT molecular complexity index is 915. The largest absolute Gasteiger partial charge is 0.545 e. The number of aromatic carboxylic acids is 1. The number of aromatic amines is 1. The van der Waals surface area contributed by atoms with Crippen LogP contribution >= 0.6 is 11.6 Å². The van der Waals surface area contributed by atoms with E-state index in [1.165, 1.54) is 12.1 Å². The van der Waals surface area contributed by atoms with Gasteiger partial charge in [0.1, 0.15) is 0 Å². The number of carbonyl (C=O) groups is 1. The number of carboxylic acid groups (broad SMARTS) is 1. The van der Waals surface area contributed by atoms with Gasteiger partial charge in [-0.25, -0.2) is 0 Å². The van der Waals surface area contributed by atoms with E-state index in [4.69, 9.17) is 11.6 Å². The van der Waals surface area contributed by atoms with Gasteiger partial charge >= 0.3 is 0 Å². The SMILES string of the molecule is Cc1[nH]c2ccccc2c1/C=N/Nc1ccc(Cl)c(C(=O)[O-])c1. The molecular formula is C17H13ClN3O2-. The Morgan fingerprint density at radius 2 is 2.09 bits per heavy atom. The van der Waals surface area contributed by atoms with Crippen LogP contribution in [0.2, 0.25) is 5.02 Å². The van der Waals surface area contributed by atoms with Crippen LogP contribution in [0.15, 0.2) is 47.6 Å². The van der Waals surface area contributed by atoms with Gasteiger partial charge < -0.3 is 14.9 Å². The second-order valence-corrected chi connectivity index (χ2v) is 5.47. The zero-order valence-corrected chi connectivity index (χ0v) is 13.0. The summed E-state index contributed by atoms with van der Waals surface area (Å²) in [6, 6.07) is 12.5. The van der Waals surface area contributed by atoms with Gasteiger partial charge in [0.05, 0.1) is 17.9 Å². The van der Waals surface area contributed by atoms with E-state index in [1.54, 1.807) is 12.3 Å². The Balaban J connectivity index is 1.85. The molecule has 0 bridgehead atoms. The molecule has 0 spiro atoms. The summed E-state index contributed by atoms with van der Waals surface area (Å²) in [7, 11) is 0. The molecule has 0 atom stereocenters. The molecule has 0 fully saturated rings. The van der Waals surface area contributed by atoms with Gasteiger partial charge in [0.25, 0.3) is 0 Å². The third-order valence-corrected chi connectivity index (χ3v) is 3.85. The van der Waals surface area contributed by atoms with Gasteiger partial charge in [0.15, 0.2) is 0 Å². The van der Waals surface area contributed by atoms with Gasteiger partial charge in [-0.05, 0) is 31.2 Å². The number of H-pyrrole nitrogens is 1. The summed E-state index contributed by atoms with van der Waals surface area (Å²) in [5.74, 6) is -1.32. The van der Waals surface area contributed by atoms with Crippen LogP contribution in [0.3, 0.4) is 0 Å². The third-order valence-electron chi connectivity index (χ3n) is 3.52. The number of nitrogens with zero attached hydrogens (tertiary/aromatic N) is 1. The first-order valence-corrected chi connectivity index (χ1v) is 7.31. The number of hydrogen-bond donors (Lipinski definition) is 2. The average molecular weight is 327 g/mol. The Morgan fingerprint density at radius 3 is 2.87 bits per heavy atom. The summed E-state index contributed by atoms with van der Waals surface area (Å²) >= 11 is 5.80. The summed E-state index contributed by atoms with van der Waals surface area (Å²) < 4.78 is 0. The maximum absolute atomic E-state index is 11.0. The van der Waals surface area contributed by atoms with Crippen LogP contribution in [0.5, 0.6) is 0 Å². The van der Waals surface area contributed by atoms with Crippen molar-refractivity contribution in [3.8, 4) is 0 Å². The molecule has 1 aromatic heterocycles. The van der Waals surface area contributed by atoms with E-state index in [2.05, 4.69) is 15.5 Å². The highest BCUT2D eigenvalue weighted by Crippen LogP contribution is 2.21. The maximum atomic E-state index is 11.0. The number of hydrazone groups is 1. The minimum Gasteiger partial charge on any atom is -0.545 e. The standard InChI is InChI=1S/C17H14ClN3O2/c1-10-14(12-4-2-3-5-16(12)20-10)9-19-21-11-6-7-15(18)13(8-11)17(22)23/h2-9,20-21H,1H3,(H,22,23)/p-1/b19-9+. The van der Waals surface area contributed by atoms with Gasteiger partial charge in [0.2, 0.25) is 0 Å². The summed E-state index contributed by atoms with van der Waals surface area (Å²) in [5, 5.41) is 16.3. The molecule has 0 saturated carbocycles. The second kappa shape index (κ2) is 6.14. The fourth-order valence-corrected chi connectivity index (χ4v) is 2.58. The molecule has 3 rings (SSSR count). The molecule has 0 radical (unpaired) electrons. The van der Waals surface area contributed by atoms with E-state index in [9.17, 15) is 9.90 Å². The van der Waals surface area contributed by atoms with Crippen molar-refractivity contribution in [3.63, 3.8) is 0 Å². The van der Waals surface area contributed by atoms with Crippen molar-refractivity contribution in [1.82, 2.24) is 4.98 Å². The van der Waals surface area contributed by atoms with Crippen LogP contribution < -0.4 is 10.5 Å².